The molecular formula is C44H69N5O9. The van der Waals surface area contributed by atoms with Gasteiger partial charge < -0.3 is 35.6 Å². The van der Waals surface area contributed by atoms with E-state index >= 15 is 0 Å². The molecule has 1 aromatic carbocycles. The van der Waals surface area contributed by atoms with Crippen LogP contribution in [0.3, 0.4) is 0 Å². The van der Waals surface area contributed by atoms with Crippen molar-refractivity contribution in [1.29, 1.82) is 0 Å². The number of carbonyl (C=O) groups is 7. The van der Waals surface area contributed by atoms with E-state index in [1.165, 1.54) is 38.4 Å². The number of carboxylic acids is 1. The summed E-state index contributed by atoms with van der Waals surface area (Å²) in [4.78, 5) is 94.5. The second-order valence-corrected chi connectivity index (χ2v) is 16.0. The van der Waals surface area contributed by atoms with Crippen LogP contribution >= 0.6 is 0 Å². The number of esters is 1. The van der Waals surface area contributed by atoms with Crippen molar-refractivity contribution in [3.05, 3.63) is 59.2 Å². The van der Waals surface area contributed by atoms with Crippen molar-refractivity contribution in [3.8, 4) is 0 Å². The van der Waals surface area contributed by atoms with Gasteiger partial charge in [-0.15, -0.1) is 0 Å². The lowest BCUT2D eigenvalue weighted by molar-refractivity contribution is -0.154. The number of amides is 5. The van der Waals surface area contributed by atoms with Crippen molar-refractivity contribution in [1.82, 2.24) is 25.8 Å². The summed E-state index contributed by atoms with van der Waals surface area (Å²) in [6.45, 7) is 17.6. The van der Waals surface area contributed by atoms with Gasteiger partial charge in [-0.05, 0) is 83.6 Å². The number of likely N-dealkylation sites (N-methyl/N-ethyl adjacent to an activating group) is 2. The molecule has 0 saturated heterocycles. The molecule has 0 aliphatic carbocycles. The maximum absolute atomic E-state index is 14.0. The molecule has 7 atom stereocenters. The Morgan fingerprint density at radius 3 is 2.00 bits per heavy atom. The first-order valence-corrected chi connectivity index (χ1v) is 20.3. The van der Waals surface area contributed by atoms with E-state index in [2.05, 4.69) is 35.9 Å². The van der Waals surface area contributed by atoms with E-state index in [9.17, 15) is 38.7 Å². The average molecular weight is 812 g/mol. The standard InChI is InChI=1S/C44H69N5O9/c1-13-28(5)24-29(6)19-18-20-31(8)44(57)58-36(23-27(3)4)39(51)45-32(9)41(53)49(12)35(25-34-21-16-15-17-22-34)42(54)48(11)26-37(50)47-38(30(7)14-2)40(52)46-33(10)43(55)56/h13,15-17,20-22,27,29-30,32-33,35-36,38H,14,18-19,23-26H2,1-12H3,(H,45,51)(H,46,52)(H,47,50)(H,55,56)/b28-13+,31-20+/t29-,30?,32-,33+,35+,36+,38?/m0/s1. The topological polar surface area (TPSA) is 192 Å². The fourth-order valence-corrected chi connectivity index (χ4v) is 6.18. The Hall–Kier alpha value is -5.01. The first-order valence-electron chi connectivity index (χ1n) is 20.3. The molecule has 0 aliphatic heterocycles. The van der Waals surface area contributed by atoms with Crippen molar-refractivity contribution in [2.75, 3.05) is 20.6 Å². The van der Waals surface area contributed by atoms with Gasteiger partial charge in [0.25, 0.3) is 5.91 Å². The van der Waals surface area contributed by atoms with Crippen LogP contribution in [-0.4, -0.2) is 107 Å². The maximum atomic E-state index is 14.0. The number of hydrogen-bond donors (Lipinski definition) is 4. The number of carboxylic acid groups (broad SMARTS) is 1. The number of nitrogens with zero attached hydrogens (tertiary/aromatic N) is 2. The Balaban J connectivity index is 3.17. The van der Waals surface area contributed by atoms with Crippen molar-refractivity contribution in [3.63, 3.8) is 0 Å². The molecule has 0 spiro atoms. The zero-order valence-electron chi connectivity index (χ0n) is 36.7. The number of benzene rings is 1. The van der Waals surface area contributed by atoms with E-state index in [0.29, 0.717) is 24.3 Å². The highest BCUT2D eigenvalue weighted by atomic mass is 16.5. The summed E-state index contributed by atoms with van der Waals surface area (Å²) < 4.78 is 5.69. The van der Waals surface area contributed by atoms with Crippen molar-refractivity contribution in [2.45, 2.75) is 138 Å². The lowest BCUT2D eigenvalue weighted by atomic mass is 9.97. The Labute approximate surface area is 345 Å². The molecule has 0 aliphatic rings. The van der Waals surface area contributed by atoms with Crippen LogP contribution in [0.5, 0.6) is 0 Å². The van der Waals surface area contributed by atoms with Gasteiger partial charge in [-0.2, -0.15) is 0 Å². The predicted octanol–water partition coefficient (Wildman–Crippen LogP) is 4.82. The van der Waals surface area contributed by atoms with E-state index in [-0.39, 0.29) is 24.7 Å². The molecular weight excluding hydrogens is 743 g/mol. The van der Waals surface area contributed by atoms with Crippen molar-refractivity contribution >= 4 is 41.5 Å². The first-order chi connectivity index (χ1) is 27.1. The number of allylic oxidation sites excluding steroid dienone is 3. The maximum Gasteiger partial charge on any atom is 0.334 e. The number of ether oxygens (including phenoxy) is 1. The van der Waals surface area contributed by atoms with Gasteiger partial charge in [-0.25, -0.2) is 4.79 Å². The summed E-state index contributed by atoms with van der Waals surface area (Å²) >= 11 is 0. The van der Waals surface area contributed by atoms with E-state index in [1.54, 1.807) is 38.1 Å². The van der Waals surface area contributed by atoms with Crippen molar-refractivity contribution < 1.29 is 43.4 Å². The Bertz CT molecular complexity index is 1610. The van der Waals surface area contributed by atoms with Crippen LogP contribution in [0, 0.1) is 17.8 Å². The predicted molar refractivity (Wildman–Crippen MR) is 224 cm³/mol. The van der Waals surface area contributed by atoms with E-state index in [4.69, 9.17) is 4.74 Å². The smallest absolute Gasteiger partial charge is 0.334 e. The Kier molecular flexibility index (Phi) is 22.3. The van der Waals surface area contributed by atoms with Crippen LogP contribution < -0.4 is 16.0 Å². The fourth-order valence-electron chi connectivity index (χ4n) is 6.18. The largest absolute Gasteiger partial charge is 0.480 e. The molecule has 0 saturated carbocycles. The second kappa shape index (κ2) is 25.4. The van der Waals surface area contributed by atoms with Crippen LogP contribution in [0.2, 0.25) is 0 Å². The number of hydrogen-bond acceptors (Lipinski definition) is 8. The zero-order chi connectivity index (χ0) is 44.3. The molecule has 58 heavy (non-hydrogen) atoms. The van der Waals surface area contributed by atoms with Gasteiger partial charge >= 0.3 is 11.9 Å². The summed E-state index contributed by atoms with van der Waals surface area (Å²) in [6, 6.07) is 4.56. The average Bonchev–Trinajstić information content (AvgIpc) is 3.17. The van der Waals surface area contributed by atoms with E-state index < -0.39 is 78.3 Å². The number of nitrogens with one attached hydrogen (secondary N) is 3. The third-order valence-corrected chi connectivity index (χ3v) is 10.2. The third-order valence-electron chi connectivity index (χ3n) is 10.2. The highest BCUT2D eigenvalue weighted by molar-refractivity contribution is 5.96. The lowest BCUT2D eigenvalue weighted by Crippen LogP contribution is -2.57. The normalized spacial score (nSPS) is 15.5. The zero-order valence-corrected chi connectivity index (χ0v) is 36.7. The number of rotatable bonds is 24. The molecule has 0 radical (unpaired) electrons. The van der Waals surface area contributed by atoms with Crippen LogP contribution in [0.4, 0.5) is 0 Å². The van der Waals surface area contributed by atoms with Gasteiger partial charge in [0, 0.05) is 26.1 Å². The summed E-state index contributed by atoms with van der Waals surface area (Å²) in [5.74, 6) is -4.88. The molecule has 1 aromatic rings. The SMILES string of the molecule is C/C=C(\C)C[C@@H](C)CC/C=C(\C)C(=O)O[C@H](CC(C)C)C(=O)N[C@@H](C)C(=O)N(C)[C@H](Cc1ccccc1)C(=O)N(C)CC(=O)NC(C(=O)N[C@H](C)C(=O)O)C(C)CC. The molecule has 1 rings (SSSR count). The van der Waals surface area contributed by atoms with Gasteiger partial charge in [0.05, 0.1) is 6.54 Å². The number of carbonyl (C=O) groups excluding carboxylic acids is 6. The molecule has 0 heterocycles. The quantitative estimate of drug-likeness (QED) is 0.0645. The third kappa shape index (κ3) is 17.6. The summed E-state index contributed by atoms with van der Waals surface area (Å²) in [6.07, 6.45) is 6.13. The lowest BCUT2D eigenvalue weighted by Gasteiger charge is -2.33. The molecule has 0 fully saturated rings. The molecule has 0 bridgehead atoms. The molecule has 14 nitrogen and oxygen atoms in total. The van der Waals surface area contributed by atoms with Gasteiger partial charge in [0.15, 0.2) is 6.10 Å². The molecule has 0 aromatic heterocycles. The van der Waals surface area contributed by atoms with Crippen LogP contribution in [0.15, 0.2) is 53.6 Å². The van der Waals surface area contributed by atoms with Gasteiger partial charge in [-0.1, -0.05) is 89.1 Å². The van der Waals surface area contributed by atoms with Crippen LogP contribution in [-0.2, 0) is 44.7 Å². The van der Waals surface area contributed by atoms with E-state index in [1.807, 2.05) is 39.8 Å². The fraction of sp³-hybridized carbons (Fsp3) is 0.614. The van der Waals surface area contributed by atoms with Gasteiger partial charge in [0.2, 0.25) is 23.6 Å². The minimum Gasteiger partial charge on any atom is -0.480 e. The highest BCUT2D eigenvalue weighted by Gasteiger charge is 2.35. The number of aliphatic carboxylic acids is 1. The van der Waals surface area contributed by atoms with Gasteiger partial charge in [-0.3, -0.25) is 28.8 Å². The minimum absolute atomic E-state index is 0.0130. The van der Waals surface area contributed by atoms with Crippen LogP contribution in [0.25, 0.3) is 0 Å². The molecule has 4 N–H and O–H groups in total. The molecule has 2 unspecified atom stereocenters. The summed E-state index contributed by atoms with van der Waals surface area (Å²) in [5, 5.41) is 16.9. The summed E-state index contributed by atoms with van der Waals surface area (Å²) in [7, 11) is 2.85. The molecule has 5 amide bonds. The Morgan fingerprint density at radius 1 is 0.845 bits per heavy atom. The minimum atomic E-state index is -1.23. The highest BCUT2D eigenvalue weighted by Crippen LogP contribution is 2.19. The first kappa shape index (κ1) is 51.0. The van der Waals surface area contributed by atoms with Gasteiger partial charge in [0.1, 0.15) is 24.2 Å². The van der Waals surface area contributed by atoms with E-state index in [0.717, 1.165) is 23.3 Å². The van der Waals surface area contributed by atoms with Crippen LogP contribution in [0.1, 0.15) is 107 Å². The monoisotopic (exact) mass is 812 g/mol. The molecule has 14 heteroatoms. The Morgan fingerprint density at radius 2 is 1.45 bits per heavy atom. The second-order valence-electron chi connectivity index (χ2n) is 16.0. The summed E-state index contributed by atoms with van der Waals surface area (Å²) in [5.41, 5.74) is 2.45. The van der Waals surface area contributed by atoms with Crippen molar-refractivity contribution in [2.24, 2.45) is 17.8 Å². The molecule has 324 valence electrons.